The predicted octanol–water partition coefficient (Wildman–Crippen LogP) is 3.33. The van der Waals surface area contributed by atoms with Gasteiger partial charge in [-0.2, -0.15) is 5.10 Å². The molecule has 0 aliphatic heterocycles. The van der Waals surface area contributed by atoms with E-state index in [2.05, 4.69) is 26.0 Å². The van der Waals surface area contributed by atoms with Crippen molar-refractivity contribution in [3.63, 3.8) is 0 Å². The first kappa shape index (κ1) is 14.8. The van der Waals surface area contributed by atoms with E-state index in [9.17, 15) is 13.6 Å². The Morgan fingerprint density at radius 2 is 1.95 bits per heavy atom. The van der Waals surface area contributed by atoms with Crippen LogP contribution < -0.4 is 0 Å². The molecule has 1 heterocycles. The van der Waals surface area contributed by atoms with Crippen molar-refractivity contribution in [3.05, 3.63) is 46.0 Å². The van der Waals surface area contributed by atoms with E-state index in [1.54, 1.807) is 4.68 Å². The SMILES string of the molecule is CC(C)n1ncnc1CC(=O)c1c(F)cc(Br)cc1F. The van der Waals surface area contributed by atoms with E-state index in [1.807, 2.05) is 13.8 Å². The summed E-state index contributed by atoms with van der Waals surface area (Å²) in [5, 5.41) is 3.98. The lowest BCUT2D eigenvalue weighted by atomic mass is 10.1. The number of hydrogen-bond acceptors (Lipinski definition) is 3. The third kappa shape index (κ3) is 2.92. The maximum Gasteiger partial charge on any atom is 0.176 e. The number of rotatable bonds is 4. The normalized spacial score (nSPS) is 11.1. The van der Waals surface area contributed by atoms with Crippen molar-refractivity contribution in [2.75, 3.05) is 0 Å². The first-order valence-corrected chi connectivity index (χ1v) is 6.75. The largest absolute Gasteiger partial charge is 0.293 e. The second-order valence-electron chi connectivity index (χ2n) is 4.56. The molecule has 0 radical (unpaired) electrons. The Bertz CT molecular complexity index is 632. The molecular weight excluding hydrogens is 332 g/mol. The monoisotopic (exact) mass is 343 g/mol. The van der Waals surface area contributed by atoms with Crippen molar-refractivity contribution in [2.24, 2.45) is 0 Å². The molecule has 0 unspecified atom stereocenters. The lowest BCUT2D eigenvalue weighted by Crippen LogP contribution is -2.15. The number of hydrogen-bond donors (Lipinski definition) is 0. The van der Waals surface area contributed by atoms with Gasteiger partial charge in [-0.05, 0) is 26.0 Å². The highest BCUT2D eigenvalue weighted by atomic mass is 79.9. The summed E-state index contributed by atoms with van der Waals surface area (Å²) in [6.07, 6.45) is 1.12. The van der Waals surface area contributed by atoms with Gasteiger partial charge in [-0.25, -0.2) is 18.4 Å². The summed E-state index contributed by atoms with van der Waals surface area (Å²) < 4.78 is 29.2. The van der Waals surface area contributed by atoms with E-state index in [1.165, 1.54) is 6.33 Å². The molecule has 4 nitrogen and oxygen atoms in total. The smallest absolute Gasteiger partial charge is 0.176 e. The molecule has 0 spiro atoms. The van der Waals surface area contributed by atoms with Gasteiger partial charge in [0.15, 0.2) is 5.78 Å². The fourth-order valence-corrected chi connectivity index (χ4v) is 2.27. The lowest BCUT2D eigenvalue weighted by Gasteiger charge is -2.09. The molecule has 7 heteroatoms. The van der Waals surface area contributed by atoms with Gasteiger partial charge >= 0.3 is 0 Å². The molecule has 0 saturated carbocycles. The number of nitrogens with zero attached hydrogens (tertiary/aromatic N) is 3. The molecule has 0 N–H and O–H groups in total. The molecular formula is C13H12BrF2N3O. The molecule has 0 atom stereocenters. The van der Waals surface area contributed by atoms with Crippen molar-refractivity contribution in [1.82, 2.24) is 14.8 Å². The Morgan fingerprint density at radius 3 is 2.50 bits per heavy atom. The van der Waals surface area contributed by atoms with Gasteiger partial charge in [0.2, 0.25) is 0 Å². The molecule has 20 heavy (non-hydrogen) atoms. The fourth-order valence-electron chi connectivity index (χ4n) is 1.87. The third-order valence-corrected chi connectivity index (χ3v) is 3.20. The first-order chi connectivity index (χ1) is 9.40. The van der Waals surface area contributed by atoms with Crippen LogP contribution in [0.15, 0.2) is 22.9 Å². The van der Waals surface area contributed by atoms with Crippen LogP contribution in [0, 0.1) is 11.6 Å². The summed E-state index contributed by atoms with van der Waals surface area (Å²) in [4.78, 5) is 16.0. The molecule has 2 aromatic rings. The van der Waals surface area contributed by atoms with Crippen LogP contribution in [0.4, 0.5) is 8.78 Å². The number of carbonyl (C=O) groups excluding carboxylic acids is 1. The number of ketones is 1. The maximum absolute atomic E-state index is 13.7. The van der Waals surface area contributed by atoms with Gasteiger partial charge in [0.1, 0.15) is 23.8 Å². The van der Waals surface area contributed by atoms with E-state index in [-0.39, 0.29) is 16.9 Å². The molecule has 0 bridgehead atoms. The van der Waals surface area contributed by atoms with Crippen molar-refractivity contribution >= 4 is 21.7 Å². The maximum atomic E-state index is 13.7. The topological polar surface area (TPSA) is 47.8 Å². The Labute approximate surface area is 123 Å². The number of benzene rings is 1. The molecule has 0 aliphatic rings. The second-order valence-corrected chi connectivity index (χ2v) is 5.47. The van der Waals surface area contributed by atoms with Crippen molar-refractivity contribution < 1.29 is 13.6 Å². The highest BCUT2D eigenvalue weighted by Crippen LogP contribution is 2.21. The predicted molar refractivity (Wildman–Crippen MR) is 72.5 cm³/mol. The molecule has 1 aromatic heterocycles. The fraction of sp³-hybridized carbons (Fsp3) is 0.308. The minimum Gasteiger partial charge on any atom is -0.293 e. The van der Waals surface area contributed by atoms with Crippen LogP contribution in [0.1, 0.15) is 36.1 Å². The van der Waals surface area contributed by atoms with Gasteiger partial charge in [0, 0.05) is 10.5 Å². The number of carbonyl (C=O) groups is 1. The quantitative estimate of drug-likeness (QED) is 0.800. The average Bonchev–Trinajstić information content (AvgIpc) is 2.75. The van der Waals surface area contributed by atoms with Crippen LogP contribution in [0.3, 0.4) is 0 Å². The molecule has 0 fully saturated rings. The zero-order valence-electron chi connectivity index (χ0n) is 10.9. The summed E-state index contributed by atoms with van der Waals surface area (Å²) in [6, 6.07) is 2.13. The Morgan fingerprint density at radius 1 is 1.35 bits per heavy atom. The van der Waals surface area contributed by atoms with Crippen LogP contribution in [-0.4, -0.2) is 20.5 Å². The van der Waals surface area contributed by atoms with Gasteiger partial charge in [0.05, 0.1) is 12.0 Å². The minimum absolute atomic E-state index is 0.0138. The molecule has 106 valence electrons. The Kier molecular flexibility index (Phi) is 4.27. The van der Waals surface area contributed by atoms with E-state index >= 15 is 0 Å². The highest BCUT2D eigenvalue weighted by Gasteiger charge is 2.21. The van der Waals surface area contributed by atoms with Gasteiger partial charge in [-0.1, -0.05) is 15.9 Å². The van der Waals surface area contributed by atoms with Crippen LogP contribution in [-0.2, 0) is 6.42 Å². The number of Topliss-reactive ketones (excluding diaryl/α,β-unsaturated/α-hetero) is 1. The van der Waals surface area contributed by atoms with Crippen molar-refractivity contribution in [2.45, 2.75) is 26.3 Å². The molecule has 0 saturated heterocycles. The summed E-state index contributed by atoms with van der Waals surface area (Å²) in [6.45, 7) is 3.76. The summed E-state index contributed by atoms with van der Waals surface area (Å²) >= 11 is 2.97. The summed E-state index contributed by atoms with van der Waals surface area (Å²) in [7, 11) is 0. The third-order valence-electron chi connectivity index (χ3n) is 2.74. The van der Waals surface area contributed by atoms with Gasteiger partial charge in [-0.15, -0.1) is 0 Å². The molecule has 0 aliphatic carbocycles. The molecule has 0 amide bonds. The number of halogens is 3. The number of aromatic nitrogens is 3. The summed E-state index contributed by atoms with van der Waals surface area (Å²) in [5.74, 6) is -2.07. The zero-order chi connectivity index (χ0) is 14.9. The van der Waals surface area contributed by atoms with Gasteiger partial charge in [-0.3, -0.25) is 4.79 Å². The molecule has 2 rings (SSSR count). The van der Waals surface area contributed by atoms with Crippen LogP contribution in [0.5, 0.6) is 0 Å². The van der Waals surface area contributed by atoms with Gasteiger partial charge < -0.3 is 0 Å². The van der Waals surface area contributed by atoms with E-state index in [4.69, 9.17) is 0 Å². The average molecular weight is 344 g/mol. The Hall–Kier alpha value is -1.63. The minimum atomic E-state index is -0.891. The van der Waals surface area contributed by atoms with Crippen molar-refractivity contribution in [1.29, 1.82) is 0 Å². The second kappa shape index (κ2) is 5.78. The standard InChI is InChI=1S/C13H12BrF2N3O/c1-7(2)19-12(17-6-18-19)5-11(20)13-9(15)3-8(14)4-10(13)16/h3-4,6-7H,5H2,1-2H3. The Balaban J connectivity index is 2.31. The highest BCUT2D eigenvalue weighted by molar-refractivity contribution is 9.10. The van der Waals surface area contributed by atoms with E-state index in [0.29, 0.717) is 5.82 Å². The summed E-state index contributed by atoms with van der Waals surface area (Å²) in [5.41, 5.74) is -0.550. The van der Waals surface area contributed by atoms with Gasteiger partial charge in [0.25, 0.3) is 0 Å². The molecule has 1 aromatic carbocycles. The van der Waals surface area contributed by atoms with E-state index in [0.717, 1.165) is 12.1 Å². The zero-order valence-corrected chi connectivity index (χ0v) is 12.5. The first-order valence-electron chi connectivity index (χ1n) is 5.96. The lowest BCUT2D eigenvalue weighted by molar-refractivity contribution is 0.0981. The van der Waals surface area contributed by atoms with Crippen LogP contribution in [0.25, 0.3) is 0 Å². The van der Waals surface area contributed by atoms with Crippen LogP contribution >= 0.6 is 15.9 Å². The van der Waals surface area contributed by atoms with Crippen molar-refractivity contribution in [3.8, 4) is 0 Å². The van der Waals surface area contributed by atoms with Crippen LogP contribution in [0.2, 0.25) is 0 Å². The van der Waals surface area contributed by atoms with E-state index < -0.39 is 23.0 Å².